The fraction of sp³-hybridized carbons (Fsp3) is 0.211. The number of nitrogens with zero attached hydrogens (tertiary/aromatic N) is 3. The summed E-state index contributed by atoms with van der Waals surface area (Å²) in [4.78, 5) is 16.3. The van der Waals surface area contributed by atoms with Crippen LogP contribution in [0, 0.1) is 5.82 Å². The molecule has 0 saturated heterocycles. The van der Waals surface area contributed by atoms with E-state index in [0.29, 0.717) is 5.56 Å². The van der Waals surface area contributed by atoms with Gasteiger partial charge < -0.3 is 10.6 Å². The lowest BCUT2D eigenvalue weighted by Crippen LogP contribution is -2.35. The van der Waals surface area contributed by atoms with Gasteiger partial charge in [0.15, 0.2) is 16.9 Å². The highest BCUT2D eigenvalue weighted by Gasteiger charge is 2.46. The number of carbonyl (C=O) groups excluding carboxylic acids is 1. The number of aromatic nitrogens is 3. The van der Waals surface area contributed by atoms with E-state index in [2.05, 4.69) is 20.7 Å². The van der Waals surface area contributed by atoms with Crippen LogP contribution in [0.2, 0.25) is 5.15 Å². The molecule has 156 valence electrons. The van der Waals surface area contributed by atoms with Crippen LogP contribution in [0.25, 0.3) is 0 Å². The fourth-order valence-corrected chi connectivity index (χ4v) is 3.43. The Labute approximate surface area is 172 Å². The van der Waals surface area contributed by atoms with Crippen LogP contribution >= 0.6 is 11.6 Å². The van der Waals surface area contributed by atoms with Crippen molar-refractivity contribution < 1.29 is 22.4 Å². The molecule has 30 heavy (non-hydrogen) atoms. The quantitative estimate of drug-likeness (QED) is 0.446. The molecule has 2 N–H and O–H groups in total. The Balaban J connectivity index is 1.65. The van der Waals surface area contributed by atoms with Gasteiger partial charge in [-0.3, -0.25) is 4.79 Å². The summed E-state index contributed by atoms with van der Waals surface area (Å²) >= 11 is 5.90. The maximum absolute atomic E-state index is 13.7. The van der Waals surface area contributed by atoms with Gasteiger partial charge >= 0.3 is 6.18 Å². The number of halogens is 5. The third-order valence-corrected chi connectivity index (χ3v) is 5.00. The number of alkyl halides is 3. The number of pyridine rings is 1. The second kappa shape index (κ2) is 7.60. The predicted molar refractivity (Wildman–Crippen MR) is 102 cm³/mol. The molecule has 0 aliphatic carbocycles. The number of hydrogen-bond acceptors (Lipinski definition) is 4. The first-order valence-corrected chi connectivity index (χ1v) is 9.20. The van der Waals surface area contributed by atoms with Gasteiger partial charge in [0.05, 0.1) is 11.7 Å². The molecule has 2 atom stereocenters. The second-order valence-electron chi connectivity index (χ2n) is 6.70. The van der Waals surface area contributed by atoms with Crippen LogP contribution in [0.3, 0.4) is 0 Å². The Morgan fingerprint density at radius 3 is 2.63 bits per heavy atom. The van der Waals surface area contributed by atoms with Crippen molar-refractivity contribution in [3.63, 3.8) is 0 Å². The van der Waals surface area contributed by atoms with E-state index in [1.54, 1.807) is 6.07 Å². The normalized spacial score (nSPS) is 18.4. The monoisotopic (exact) mass is 439 g/mol. The molecule has 0 unspecified atom stereocenters. The Kier molecular flexibility index (Phi) is 5.10. The summed E-state index contributed by atoms with van der Waals surface area (Å²) in [6.07, 6.45) is -3.53. The standard InChI is InChI=1S/C19H14ClF4N5O/c20-17-12(2-1-7-25-17)27-18(30)14-9-16-26-13(10-3-5-11(21)6-4-10)8-15(19(22,23)24)29(16)28-14/h1-7,9,13,15,26H,8H2,(H,27,30)/t13-,15+/m0/s1. The van der Waals surface area contributed by atoms with Crippen LogP contribution in [-0.2, 0) is 0 Å². The molecule has 1 amide bonds. The maximum Gasteiger partial charge on any atom is 0.410 e. The smallest absolute Gasteiger partial charge is 0.363 e. The Bertz CT molecular complexity index is 1080. The molecule has 0 bridgehead atoms. The topological polar surface area (TPSA) is 71.8 Å². The maximum atomic E-state index is 13.7. The van der Waals surface area contributed by atoms with Crippen molar-refractivity contribution in [2.75, 3.05) is 10.6 Å². The van der Waals surface area contributed by atoms with Crippen LogP contribution in [0.5, 0.6) is 0 Å². The number of fused-ring (bicyclic) bond motifs is 1. The van der Waals surface area contributed by atoms with Gasteiger partial charge in [0.2, 0.25) is 0 Å². The summed E-state index contributed by atoms with van der Waals surface area (Å²) in [6, 6.07) is 6.81. The number of anilines is 2. The largest absolute Gasteiger partial charge is 0.410 e. The lowest BCUT2D eigenvalue weighted by atomic mass is 9.97. The summed E-state index contributed by atoms with van der Waals surface area (Å²) < 4.78 is 55.1. The summed E-state index contributed by atoms with van der Waals surface area (Å²) in [7, 11) is 0. The average molecular weight is 440 g/mol. The molecule has 0 fully saturated rings. The van der Waals surface area contributed by atoms with Crippen LogP contribution in [0.1, 0.15) is 34.6 Å². The van der Waals surface area contributed by atoms with Crippen LogP contribution in [-0.4, -0.2) is 26.8 Å². The molecule has 6 nitrogen and oxygen atoms in total. The van der Waals surface area contributed by atoms with Gasteiger partial charge in [0.1, 0.15) is 11.6 Å². The van der Waals surface area contributed by atoms with E-state index in [4.69, 9.17) is 11.6 Å². The van der Waals surface area contributed by atoms with Gasteiger partial charge in [-0.05, 0) is 29.8 Å². The fourth-order valence-electron chi connectivity index (χ4n) is 3.26. The first-order valence-electron chi connectivity index (χ1n) is 8.82. The van der Waals surface area contributed by atoms with E-state index in [1.807, 2.05) is 0 Å². The zero-order valence-corrected chi connectivity index (χ0v) is 15.9. The van der Waals surface area contributed by atoms with Gasteiger partial charge in [-0.2, -0.15) is 18.3 Å². The minimum atomic E-state index is -4.60. The lowest BCUT2D eigenvalue weighted by molar-refractivity contribution is -0.173. The van der Waals surface area contributed by atoms with E-state index in [9.17, 15) is 22.4 Å². The molecule has 4 rings (SSSR count). The molecular weight excluding hydrogens is 426 g/mol. The number of hydrogen-bond donors (Lipinski definition) is 2. The zero-order valence-electron chi connectivity index (χ0n) is 15.1. The molecule has 1 aromatic carbocycles. The van der Waals surface area contributed by atoms with E-state index < -0.39 is 30.0 Å². The number of rotatable bonds is 3. The van der Waals surface area contributed by atoms with Crippen molar-refractivity contribution in [3.8, 4) is 0 Å². The van der Waals surface area contributed by atoms with Crippen molar-refractivity contribution in [1.82, 2.24) is 14.8 Å². The SMILES string of the molecule is O=C(Nc1cccnc1Cl)c1cc2n(n1)[C@@H](C(F)(F)F)C[C@@H](c1ccc(F)cc1)N2. The molecular formula is C19H14ClF4N5O. The molecule has 1 aliphatic rings. The van der Waals surface area contributed by atoms with E-state index >= 15 is 0 Å². The van der Waals surface area contributed by atoms with Crippen LogP contribution < -0.4 is 10.6 Å². The molecule has 3 aromatic rings. The molecule has 2 aromatic heterocycles. The van der Waals surface area contributed by atoms with Gasteiger partial charge in [-0.15, -0.1) is 0 Å². The molecule has 0 spiro atoms. The minimum absolute atomic E-state index is 0.0281. The van der Waals surface area contributed by atoms with E-state index in [1.165, 1.54) is 42.6 Å². The molecule has 0 radical (unpaired) electrons. The summed E-state index contributed by atoms with van der Waals surface area (Å²) in [6.45, 7) is 0. The molecule has 0 saturated carbocycles. The van der Waals surface area contributed by atoms with Gasteiger partial charge in [-0.25, -0.2) is 14.1 Å². The Morgan fingerprint density at radius 2 is 1.97 bits per heavy atom. The van der Waals surface area contributed by atoms with Gasteiger partial charge in [-0.1, -0.05) is 23.7 Å². The highest BCUT2D eigenvalue weighted by atomic mass is 35.5. The van der Waals surface area contributed by atoms with Crippen molar-refractivity contribution >= 4 is 29.0 Å². The first-order chi connectivity index (χ1) is 14.2. The highest BCUT2D eigenvalue weighted by molar-refractivity contribution is 6.32. The second-order valence-corrected chi connectivity index (χ2v) is 7.05. The van der Waals surface area contributed by atoms with Gasteiger partial charge in [0.25, 0.3) is 5.91 Å². The molecule has 1 aliphatic heterocycles. The minimum Gasteiger partial charge on any atom is -0.363 e. The number of carbonyl (C=O) groups is 1. The number of benzene rings is 1. The van der Waals surface area contributed by atoms with Crippen molar-refractivity contribution in [1.29, 1.82) is 0 Å². The molecule has 3 heterocycles. The van der Waals surface area contributed by atoms with Crippen LogP contribution in [0.4, 0.5) is 29.1 Å². The molecule has 11 heteroatoms. The third kappa shape index (κ3) is 3.95. The average Bonchev–Trinajstić information content (AvgIpc) is 3.13. The Hall–Kier alpha value is -3.14. The lowest BCUT2D eigenvalue weighted by Gasteiger charge is -2.33. The summed E-state index contributed by atoms with van der Waals surface area (Å²) in [5.41, 5.74) is 0.484. The summed E-state index contributed by atoms with van der Waals surface area (Å²) in [5, 5.41) is 9.33. The predicted octanol–water partition coefficient (Wildman–Crippen LogP) is 4.98. The van der Waals surface area contributed by atoms with Crippen molar-refractivity contribution in [2.24, 2.45) is 0 Å². The van der Waals surface area contributed by atoms with Gasteiger partial charge in [0, 0.05) is 18.7 Å². The number of nitrogens with one attached hydrogen (secondary N) is 2. The zero-order chi connectivity index (χ0) is 21.5. The van der Waals surface area contributed by atoms with Crippen LogP contribution in [0.15, 0.2) is 48.7 Å². The van der Waals surface area contributed by atoms with E-state index in [-0.39, 0.29) is 28.8 Å². The van der Waals surface area contributed by atoms with E-state index in [0.717, 1.165) is 4.68 Å². The first kappa shape index (κ1) is 20.1. The van der Waals surface area contributed by atoms with Crippen molar-refractivity contribution in [3.05, 3.63) is 70.9 Å². The van der Waals surface area contributed by atoms with Crippen molar-refractivity contribution in [2.45, 2.75) is 24.7 Å². The third-order valence-electron chi connectivity index (χ3n) is 4.70. The number of amides is 1. The highest BCUT2D eigenvalue weighted by Crippen LogP contribution is 2.43. The summed E-state index contributed by atoms with van der Waals surface area (Å²) in [5.74, 6) is -1.19. The Morgan fingerprint density at radius 1 is 1.23 bits per heavy atom.